The van der Waals surface area contributed by atoms with E-state index in [-0.39, 0.29) is 10.6 Å². The Kier molecular flexibility index (Phi) is 3.47. The maximum Gasteiger partial charge on any atom is 0.278 e. The van der Waals surface area contributed by atoms with E-state index in [1.807, 2.05) is 16.8 Å². The summed E-state index contributed by atoms with van der Waals surface area (Å²) in [6, 6.07) is 6.95. The second-order valence-corrected chi connectivity index (χ2v) is 6.13. The SMILES string of the molecule is CC(C)c1nc(Cn2ccc3c([N+](=O)[O-])cccc32)cs1. The van der Waals surface area contributed by atoms with Gasteiger partial charge in [0, 0.05) is 23.6 Å². The Balaban J connectivity index is 1.97. The van der Waals surface area contributed by atoms with E-state index in [2.05, 4.69) is 24.2 Å². The number of nitro benzene ring substituents is 1. The molecule has 0 saturated carbocycles. The van der Waals surface area contributed by atoms with E-state index < -0.39 is 0 Å². The summed E-state index contributed by atoms with van der Waals surface area (Å²) in [6.45, 7) is 4.88. The van der Waals surface area contributed by atoms with E-state index in [0.717, 1.165) is 16.2 Å². The van der Waals surface area contributed by atoms with Crippen LogP contribution in [-0.2, 0) is 6.54 Å². The molecule has 3 rings (SSSR count). The average molecular weight is 301 g/mol. The molecule has 6 heteroatoms. The zero-order valence-corrected chi connectivity index (χ0v) is 12.6. The van der Waals surface area contributed by atoms with E-state index in [4.69, 9.17) is 0 Å². The molecule has 108 valence electrons. The highest BCUT2D eigenvalue weighted by Gasteiger charge is 2.14. The minimum Gasteiger partial charge on any atom is -0.341 e. The third kappa shape index (κ3) is 2.54. The van der Waals surface area contributed by atoms with E-state index >= 15 is 0 Å². The molecule has 0 radical (unpaired) electrons. The van der Waals surface area contributed by atoms with Crippen molar-refractivity contribution in [3.05, 3.63) is 56.7 Å². The van der Waals surface area contributed by atoms with E-state index in [1.54, 1.807) is 23.5 Å². The van der Waals surface area contributed by atoms with Gasteiger partial charge in [0.05, 0.1) is 33.1 Å². The van der Waals surface area contributed by atoms with Crippen molar-refractivity contribution in [2.75, 3.05) is 0 Å². The zero-order valence-electron chi connectivity index (χ0n) is 11.8. The molecule has 3 aromatic rings. The molecule has 0 aliphatic rings. The fourth-order valence-corrected chi connectivity index (χ4v) is 3.17. The molecule has 0 fully saturated rings. The molecule has 2 aromatic heterocycles. The van der Waals surface area contributed by atoms with Gasteiger partial charge in [-0.2, -0.15) is 0 Å². The number of non-ortho nitro benzene ring substituents is 1. The maximum atomic E-state index is 11.0. The molecule has 0 aliphatic carbocycles. The minimum absolute atomic E-state index is 0.146. The lowest BCUT2D eigenvalue weighted by Gasteiger charge is -2.03. The van der Waals surface area contributed by atoms with Crippen molar-refractivity contribution in [2.24, 2.45) is 0 Å². The third-order valence-corrected chi connectivity index (χ3v) is 4.58. The van der Waals surface area contributed by atoms with Crippen molar-refractivity contribution in [1.82, 2.24) is 9.55 Å². The van der Waals surface area contributed by atoms with Crippen LogP contribution < -0.4 is 0 Å². The number of fused-ring (bicyclic) bond motifs is 1. The first-order chi connectivity index (χ1) is 10.1. The van der Waals surface area contributed by atoms with Crippen molar-refractivity contribution in [2.45, 2.75) is 26.3 Å². The summed E-state index contributed by atoms with van der Waals surface area (Å²) in [5.74, 6) is 0.422. The summed E-state index contributed by atoms with van der Waals surface area (Å²) in [6.07, 6.45) is 1.88. The lowest BCUT2D eigenvalue weighted by atomic mass is 10.2. The van der Waals surface area contributed by atoms with Gasteiger partial charge in [-0.1, -0.05) is 19.9 Å². The first-order valence-electron chi connectivity index (χ1n) is 6.73. The van der Waals surface area contributed by atoms with Gasteiger partial charge in [0.15, 0.2) is 0 Å². The smallest absolute Gasteiger partial charge is 0.278 e. The highest BCUT2D eigenvalue weighted by molar-refractivity contribution is 7.09. The minimum atomic E-state index is -0.341. The van der Waals surface area contributed by atoms with E-state index in [9.17, 15) is 10.1 Å². The van der Waals surface area contributed by atoms with Gasteiger partial charge >= 0.3 is 0 Å². The van der Waals surface area contributed by atoms with Crippen LogP contribution in [0.5, 0.6) is 0 Å². The van der Waals surface area contributed by atoms with Crippen LogP contribution in [0, 0.1) is 10.1 Å². The summed E-state index contributed by atoms with van der Waals surface area (Å²) < 4.78 is 2.00. The van der Waals surface area contributed by atoms with Crippen LogP contribution in [0.2, 0.25) is 0 Å². The van der Waals surface area contributed by atoms with Crippen LogP contribution in [0.1, 0.15) is 30.5 Å². The monoisotopic (exact) mass is 301 g/mol. The van der Waals surface area contributed by atoms with Crippen molar-refractivity contribution in [3.63, 3.8) is 0 Å². The Morgan fingerprint density at radius 2 is 2.19 bits per heavy atom. The molecular weight excluding hydrogens is 286 g/mol. The number of hydrogen-bond acceptors (Lipinski definition) is 4. The quantitative estimate of drug-likeness (QED) is 0.536. The van der Waals surface area contributed by atoms with Crippen LogP contribution in [0.3, 0.4) is 0 Å². The lowest BCUT2D eigenvalue weighted by molar-refractivity contribution is -0.383. The van der Waals surface area contributed by atoms with Gasteiger partial charge in [-0.25, -0.2) is 4.98 Å². The summed E-state index contributed by atoms with van der Waals surface area (Å²) >= 11 is 1.66. The standard InChI is InChI=1S/C15H15N3O2S/c1-10(2)15-16-11(9-21-15)8-17-7-6-12-13(17)4-3-5-14(12)18(19)20/h3-7,9-10H,8H2,1-2H3. The predicted molar refractivity (Wildman–Crippen MR) is 83.9 cm³/mol. The predicted octanol–water partition coefficient (Wildman–Crippen LogP) is 4.18. The first-order valence-corrected chi connectivity index (χ1v) is 7.61. The Morgan fingerprint density at radius 3 is 2.86 bits per heavy atom. The Labute approximate surface area is 126 Å². The molecule has 2 heterocycles. The van der Waals surface area contributed by atoms with Gasteiger partial charge in [0.25, 0.3) is 5.69 Å². The molecule has 5 nitrogen and oxygen atoms in total. The van der Waals surface area contributed by atoms with Crippen molar-refractivity contribution < 1.29 is 4.92 Å². The number of benzene rings is 1. The molecule has 0 bridgehead atoms. The lowest BCUT2D eigenvalue weighted by Crippen LogP contribution is -1.99. The van der Waals surface area contributed by atoms with Gasteiger partial charge in [0.1, 0.15) is 0 Å². The van der Waals surface area contributed by atoms with Crippen LogP contribution in [0.4, 0.5) is 5.69 Å². The van der Waals surface area contributed by atoms with Gasteiger partial charge in [-0.3, -0.25) is 10.1 Å². The number of nitrogens with zero attached hydrogens (tertiary/aromatic N) is 3. The topological polar surface area (TPSA) is 61.0 Å². The maximum absolute atomic E-state index is 11.0. The van der Waals surface area contributed by atoms with Crippen LogP contribution in [0.25, 0.3) is 10.9 Å². The zero-order chi connectivity index (χ0) is 15.0. The van der Waals surface area contributed by atoms with Gasteiger partial charge < -0.3 is 4.57 Å². The second-order valence-electron chi connectivity index (χ2n) is 5.24. The summed E-state index contributed by atoms with van der Waals surface area (Å²) in [5, 5.41) is 14.9. The normalized spacial score (nSPS) is 11.4. The summed E-state index contributed by atoms with van der Waals surface area (Å²) in [7, 11) is 0. The molecule has 0 atom stereocenters. The fraction of sp³-hybridized carbons (Fsp3) is 0.267. The van der Waals surface area contributed by atoms with Gasteiger partial charge in [-0.15, -0.1) is 11.3 Å². The Morgan fingerprint density at radius 1 is 1.38 bits per heavy atom. The van der Waals surface area contributed by atoms with Crippen molar-refractivity contribution in [3.8, 4) is 0 Å². The van der Waals surface area contributed by atoms with Gasteiger partial charge in [-0.05, 0) is 12.1 Å². The van der Waals surface area contributed by atoms with Gasteiger partial charge in [0.2, 0.25) is 0 Å². The first kappa shape index (κ1) is 13.8. The van der Waals surface area contributed by atoms with Crippen LogP contribution in [-0.4, -0.2) is 14.5 Å². The Hall–Kier alpha value is -2.21. The highest BCUT2D eigenvalue weighted by atomic mass is 32.1. The van der Waals surface area contributed by atoms with Crippen LogP contribution >= 0.6 is 11.3 Å². The molecule has 0 unspecified atom stereocenters. The fourth-order valence-electron chi connectivity index (χ4n) is 2.34. The van der Waals surface area contributed by atoms with Crippen molar-refractivity contribution in [1.29, 1.82) is 0 Å². The number of nitro groups is 1. The molecule has 0 spiro atoms. The number of hydrogen-bond donors (Lipinski definition) is 0. The molecule has 0 aliphatic heterocycles. The molecular formula is C15H15N3O2S. The number of rotatable bonds is 4. The van der Waals surface area contributed by atoms with Crippen molar-refractivity contribution >= 4 is 27.9 Å². The molecule has 1 aromatic carbocycles. The second kappa shape index (κ2) is 5.29. The highest BCUT2D eigenvalue weighted by Crippen LogP contribution is 2.27. The average Bonchev–Trinajstić information content (AvgIpc) is 3.06. The third-order valence-electron chi connectivity index (χ3n) is 3.38. The largest absolute Gasteiger partial charge is 0.341 e. The van der Waals surface area contributed by atoms with E-state index in [1.165, 1.54) is 6.07 Å². The summed E-state index contributed by atoms with van der Waals surface area (Å²) in [5.41, 5.74) is 2.00. The summed E-state index contributed by atoms with van der Waals surface area (Å²) in [4.78, 5) is 15.3. The van der Waals surface area contributed by atoms with E-state index in [0.29, 0.717) is 17.8 Å². The number of thiazole rings is 1. The molecule has 0 N–H and O–H groups in total. The molecule has 21 heavy (non-hydrogen) atoms. The molecule has 0 amide bonds. The Bertz CT molecular complexity index is 804. The number of aromatic nitrogens is 2. The van der Waals surface area contributed by atoms with Crippen LogP contribution in [0.15, 0.2) is 35.8 Å². The molecule has 0 saturated heterocycles.